The third kappa shape index (κ3) is 2.46. The molecular formula is C13H14ClNO2S. The smallest absolute Gasteiger partial charge is 0.173 e. The molecule has 0 saturated heterocycles. The molecule has 0 saturated carbocycles. The van der Waals surface area contributed by atoms with Crippen LogP contribution >= 0.6 is 11.6 Å². The Morgan fingerprint density at radius 1 is 1.22 bits per heavy atom. The molecule has 3 nitrogen and oxygen atoms in total. The second-order valence-electron chi connectivity index (χ2n) is 4.95. The summed E-state index contributed by atoms with van der Waals surface area (Å²) in [6.45, 7) is 0. The highest BCUT2D eigenvalue weighted by Gasteiger charge is 2.27. The Hall–Kier alpha value is -0.840. The molecule has 1 aliphatic carbocycles. The molecule has 3 rings (SSSR count). The molecule has 0 amide bonds. The lowest BCUT2D eigenvalue weighted by atomic mass is 10.1. The maximum atomic E-state index is 11.3. The summed E-state index contributed by atoms with van der Waals surface area (Å²) in [5.74, 6) is 0.181. The van der Waals surface area contributed by atoms with Crippen molar-refractivity contribution in [3.8, 4) is 0 Å². The SMILES string of the molecule is O=S1(=O)C=CC(NC2Cc3ccc(Cl)cc3C2)C1. The van der Waals surface area contributed by atoms with Crippen molar-refractivity contribution in [2.75, 3.05) is 5.75 Å². The molecule has 1 aromatic rings. The zero-order chi connectivity index (χ0) is 12.8. The summed E-state index contributed by atoms with van der Waals surface area (Å²) in [6, 6.07) is 6.22. The fourth-order valence-electron chi connectivity index (χ4n) is 2.69. The van der Waals surface area contributed by atoms with Crippen LogP contribution in [-0.4, -0.2) is 26.3 Å². The van der Waals surface area contributed by atoms with Gasteiger partial charge in [0.25, 0.3) is 0 Å². The third-order valence-corrected chi connectivity index (χ3v) is 5.11. The normalized spacial score (nSPS) is 28.5. The zero-order valence-corrected chi connectivity index (χ0v) is 11.3. The summed E-state index contributed by atoms with van der Waals surface area (Å²) < 4.78 is 22.7. The molecular weight excluding hydrogens is 270 g/mol. The Morgan fingerprint density at radius 2 is 2.00 bits per heavy atom. The van der Waals surface area contributed by atoms with Gasteiger partial charge in [-0.15, -0.1) is 0 Å². The van der Waals surface area contributed by atoms with Crippen LogP contribution in [0.1, 0.15) is 11.1 Å². The molecule has 18 heavy (non-hydrogen) atoms. The first-order valence-corrected chi connectivity index (χ1v) is 8.05. The first-order valence-electron chi connectivity index (χ1n) is 5.96. The summed E-state index contributed by atoms with van der Waals surface area (Å²) >= 11 is 5.97. The number of sulfone groups is 1. The molecule has 0 fully saturated rings. The predicted octanol–water partition coefficient (Wildman–Crippen LogP) is 1.71. The van der Waals surface area contributed by atoms with Crippen molar-refractivity contribution in [2.24, 2.45) is 0 Å². The topological polar surface area (TPSA) is 46.2 Å². The molecule has 0 aromatic heterocycles. The average molecular weight is 284 g/mol. The fourth-order valence-corrected chi connectivity index (χ4v) is 4.13. The van der Waals surface area contributed by atoms with E-state index in [-0.39, 0.29) is 11.8 Å². The molecule has 2 atom stereocenters. The van der Waals surface area contributed by atoms with Gasteiger partial charge < -0.3 is 5.32 Å². The molecule has 0 bridgehead atoms. The number of halogens is 1. The van der Waals surface area contributed by atoms with Crippen LogP contribution in [0.3, 0.4) is 0 Å². The van der Waals surface area contributed by atoms with E-state index in [0.717, 1.165) is 17.9 Å². The highest BCUT2D eigenvalue weighted by atomic mass is 35.5. The average Bonchev–Trinajstić information content (AvgIpc) is 2.81. The number of hydrogen-bond acceptors (Lipinski definition) is 3. The van der Waals surface area contributed by atoms with Crippen molar-refractivity contribution in [2.45, 2.75) is 24.9 Å². The fraction of sp³-hybridized carbons (Fsp3) is 0.385. The number of nitrogens with one attached hydrogen (secondary N) is 1. The van der Waals surface area contributed by atoms with Gasteiger partial charge in [-0.05, 0) is 36.1 Å². The van der Waals surface area contributed by atoms with Crippen molar-refractivity contribution in [1.82, 2.24) is 5.32 Å². The first-order chi connectivity index (χ1) is 8.52. The van der Waals surface area contributed by atoms with Gasteiger partial charge in [0.15, 0.2) is 9.84 Å². The van der Waals surface area contributed by atoms with E-state index in [4.69, 9.17) is 11.6 Å². The molecule has 1 aliphatic heterocycles. The highest BCUT2D eigenvalue weighted by Crippen LogP contribution is 2.26. The van der Waals surface area contributed by atoms with E-state index < -0.39 is 9.84 Å². The molecule has 2 unspecified atom stereocenters. The van der Waals surface area contributed by atoms with Gasteiger partial charge in [0.2, 0.25) is 0 Å². The molecule has 0 radical (unpaired) electrons. The van der Waals surface area contributed by atoms with Crippen LogP contribution in [0.5, 0.6) is 0 Å². The lowest BCUT2D eigenvalue weighted by molar-refractivity contribution is 0.503. The van der Waals surface area contributed by atoms with E-state index in [1.54, 1.807) is 6.08 Å². The molecule has 1 N–H and O–H groups in total. The van der Waals surface area contributed by atoms with Crippen LogP contribution in [-0.2, 0) is 22.7 Å². The minimum atomic E-state index is -2.98. The van der Waals surface area contributed by atoms with Gasteiger partial charge in [-0.3, -0.25) is 0 Å². The molecule has 5 heteroatoms. The number of hydrogen-bond donors (Lipinski definition) is 1. The molecule has 96 valence electrons. The van der Waals surface area contributed by atoms with Crippen molar-refractivity contribution < 1.29 is 8.42 Å². The van der Waals surface area contributed by atoms with Crippen LogP contribution in [0.25, 0.3) is 0 Å². The zero-order valence-electron chi connectivity index (χ0n) is 9.77. The number of fused-ring (bicyclic) bond motifs is 1. The van der Waals surface area contributed by atoms with Gasteiger partial charge in [0.05, 0.1) is 5.75 Å². The minimum absolute atomic E-state index is 0.0511. The summed E-state index contributed by atoms with van der Waals surface area (Å²) in [5, 5.41) is 5.46. The minimum Gasteiger partial charge on any atom is -0.306 e. The Balaban J connectivity index is 1.67. The first kappa shape index (κ1) is 12.2. The lowest BCUT2D eigenvalue weighted by Crippen LogP contribution is -2.39. The maximum Gasteiger partial charge on any atom is 0.173 e. The van der Waals surface area contributed by atoms with Crippen LogP contribution in [0.15, 0.2) is 29.7 Å². The largest absolute Gasteiger partial charge is 0.306 e. The Labute approximate surface area is 112 Å². The summed E-state index contributed by atoms with van der Waals surface area (Å²) in [6.07, 6.45) is 3.60. The van der Waals surface area contributed by atoms with Crippen molar-refractivity contribution in [3.63, 3.8) is 0 Å². The van der Waals surface area contributed by atoms with Gasteiger partial charge in [0, 0.05) is 22.5 Å². The second kappa shape index (κ2) is 4.37. The predicted molar refractivity (Wildman–Crippen MR) is 72.5 cm³/mol. The van der Waals surface area contributed by atoms with Crippen LogP contribution < -0.4 is 5.32 Å². The highest BCUT2D eigenvalue weighted by molar-refractivity contribution is 7.94. The molecule has 1 aromatic carbocycles. The van der Waals surface area contributed by atoms with Gasteiger partial charge in [-0.25, -0.2) is 8.42 Å². The lowest BCUT2D eigenvalue weighted by Gasteiger charge is -2.16. The Bertz CT molecular complexity index is 609. The molecule has 2 aliphatic rings. The Kier molecular flexibility index (Phi) is 2.96. The van der Waals surface area contributed by atoms with Crippen LogP contribution in [0.4, 0.5) is 0 Å². The van der Waals surface area contributed by atoms with Gasteiger partial charge >= 0.3 is 0 Å². The van der Waals surface area contributed by atoms with E-state index in [0.29, 0.717) is 6.04 Å². The summed E-state index contributed by atoms with van der Waals surface area (Å²) in [4.78, 5) is 0. The molecule has 1 heterocycles. The van der Waals surface area contributed by atoms with E-state index in [1.165, 1.54) is 16.5 Å². The summed E-state index contributed by atoms with van der Waals surface area (Å²) in [5.41, 5.74) is 2.58. The van der Waals surface area contributed by atoms with Gasteiger partial charge in [-0.1, -0.05) is 23.7 Å². The maximum absolute atomic E-state index is 11.3. The number of benzene rings is 1. The number of rotatable bonds is 2. The Morgan fingerprint density at radius 3 is 2.72 bits per heavy atom. The van der Waals surface area contributed by atoms with E-state index in [9.17, 15) is 8.42 Å². The standard InChI is InChI=1S/C13H14ClNO2S/c14-11-2-1-9-6-13(7-10(9)5-11)15-12-3-4-18(16,17)8-12/h1-5,12-13,15H,6-8H2. The quantitative estimate of drug-likeness (QED) is 0.899. The molecule has 0 spiro atoms. The second-order valence-corrected chi connectivity index (χ2v) is 7.32. The van der Waals surface area contributed by atoms with E-state index >= 15 is 0 Å². The van der Waals surface area contributed by atoms with Crippen molar-refractivity contribution in [3.05, 3.63) is 45.8 Å². The van der Waals surface area contributed by atoms with Gasteiger partial charge in [0.1, 0.15) is 0 Å². The van der Waals surface area contributed by atoms with Gasteiger partial charge in [-0.2, -0.15) is 0 Å². The van der Waals surface area contributed by atoms with E-state index in [2.05, 4.69) is 11.4 Å². The van der Waals surface area contributed by atoms with Crippen LogP contribution in [0.2, 0.25) is 5.02 Å². The summed E-state index contributed by atoms with van der Waals surface area (Å²) in [7, 11) is -2.98. The monoisotopic (exact) mass is 283 g/mol. The third-order valence-electron chi connectivity index (χ3n) is 3.48. The van der Waals surface area contributed by atoms with Crippen LogP contribution in [0, 0.1) is 0 Å². The van der Waals surface area contributed by atoms with E-state index in [1.807, 2.05) is 12.1 Å². The van der Waals surface area contributed by atoms with Crippen molar-refractivity contribution >= 4 is 21.4 Å². The van der Waals surface area contributed by atoms with Crippen molar-refractivity contribution in [1.29, 1.82) is 0 Å².